The summed E-state index contributed by atoms with van der Waals surface area (Å²) in [5.74, 6) is 0.732. The fourth-order valence-corrected chi connectivity index (χ4v) is 2.07. The van der Waals surface area contributed by atoms with Crippen molar-refractivity contribution in [1.82, 2.24) is 5.43 Å². The number of nitro groups is 1. The van der Waals surface area contributed by atoms with Crippen molar-refractivity contribution in [1.29, 1.82) is 0 Å². The maximum Gasteiger partial charge on any atom is 0.292 e. The number of carbonyl (C=O) groups excluding carboxylic acids is 1. The number of benzene rings is 1. The van der Waals surface area contributed by atoms with Crippen LogP contribution in [0.3, 0.4) is 0 Å². The number of nitro benzene ring substituents is 1. The molecule has 0 unspecified atom stereocenters. The van der Waals surface area contributed by atoms with Gasteiger partial charge in [-0.05, 0) is 26.0 Å². The van der Waals surface area contributed by atoms with Crippen LogP contribution in [0.1, 0.15) is 27.4 Å². The van der Waals surface area contributed by atoms with Gasteiger partial charge < -0.3 is 9.73 Å². The third-order valence-electron chi connectivity index (χ3n) is 3.15. The van der Waals surface area contributed by atoms with Crippen LogP contribution in [0.2, 0.25) is 0 Å². The van der Waals surface area contributed by atoms with Gasteiger partial charge in [0.1, 0.15) is 17.2 Å². The number of rotatable bonds is 5. The number of hydrogen-bond acceptors (Lipinski definition) is 6. The van der Waals surface area contributed by atoms with E-state index in [9.17, 15) is 14.9 Å². The Morgan fingerprint density at radius 1 is 1.35 bits per heavy atom. The molecule has 2 N–H and O–H groups in total. The number of nitrogens with zero attached hydrogens (tertiary/aromatic N) is 2. The third-order valence-corrected chi connectivity index (χ3v) is 3.15. The van der Waals surface area contributed by atoms with Gasteiger partial charge in [-0.1, -0.05) is 6.07 Å². The normalized spacial score (nSPS) is 10.7. The van der Waals surface area contributed by atoms with Crippen molar-refractivity contribution in [3.8, 4) is 0 Å². The summed E-state index contributed by atoms with van der Waals surface area (Å²) in [6.07, 6.45) is 1.34. The van der Waals surface area contributed by atoms with Crippen molar-refractivity contribution in [3.05, 3.63) is 57.0 Å². The lowest BCUT2D eigenvalue weighted by Gasteiger charge is -2.02. The first kappa shape index (κ1) is 16.2. The molecule has 1 heterocycles. The highest BCUT2D eigenvalue weighted by Crippen LogP contribution is 2.24. The van der Waals surface area contributed by atoms with Gasteiger partial charge in [0.05, 0.1) is 16.7 Å². The maximum absolute atomic E-state index is 11.9. The molecule has 0 aliphatic rings. The molecule has 0 bridgehead atoms. The minimum absolute atomic E-state index is 0.0657. The first-order chi connectivity index (χ1) is 10.9. The number of hydrogen-bond donors (Lipinski definition) is 2. The lowest BCUT2D eigenvalue weighted by molar-refractivity contribution is -0.383. The van der Waals surface area contributed by atoms with Crippen LogP contribution in [0.15, 0.2) is 33.8 Å². The van der Waals surface area contributed by atoms with Crippen LogP contribution >= 0.6 is 0 Å². The molecule has 0 atom stereocenters. The summed E-state index contributed by atoms with van der Waals surface area (Å²) in [5.41, 5.74) is 3.60. The Morgan fingerprint density at radius 3 is 2.65 bits per heavy atom. The third kappa shape index (κ3) is 3.73. The number of anilines is 1. The zero-order valence-corrected chi connectivity index (χ0v) is 12.9. The SMILES string of the molecule is CNc1ccc(C=NNC(=O)c2cc(C)oc2C)cc1[N+](=O)[O-]. The molecular weight excluding hydrogens is 300 g/mol. The molecule has 8 nitrogen and oxygen atoms in total. The quantitative estimate of drug-likeness (QED) is 0.500. The minimum Gasteiger partial charge on any atom is -0.466 e. The summed E-state index contributed by atoms with van der Waals surface area (Å²) in [7, 11) is 1.60. The van der Waals surface area contributed by atoms with Crippen molar-refractivity contribution >= 4 is 23.5 Å². The Morgan fingerprint density at radius 2 is 2.09 bits per heavy atom. The molecule has 1 amide bonds. The highest BCUT2D eigenvalue weighted by atomic mass is 16.6. The van der Waals surface area contributed by atoms with E-state index >= 15 is 0 Å². The Labute approximate surface area is 132 Å². The van der Waals surface area contributed by atoms with E-state index in [0.717, 1.165) is 0 Å². The van der Waals surface area contributed by atoms with Gasteiger partial charge in [0.2, 0.25) is 0 Å². The summed E-state index contributed by atoms with van der Waals surface area (Å²) in [5, 5.41) is 17.5. The Bertz CT molecular complexity index is 780. The van der Waals surface area contributed by atoms with Gasteiger partial charge in [-0.25, -0.2) is 5.43 Å². The van der Waals surface area contributed by atoms with E-state index in [4.69, 9.17) is 4.42 Å². The Hall–Kier alpha value is -3.16. The fourth-order valence-electron chi connectivity index (χ4n) is 2.07. The Kier molecular flexibility index (Phi) is 4.75. The van der Waals surface area contributed by atoms with Crippen LogP contribution in [-0.4, -0.2) is 24.1 Å². The maximum atomic E-state index is 11.9. The molecule has 120 valence electrons. The molecule has 8 heteroatoms. The fraction of sp³-hybridized carbons (Fsp3) is 0.200. The lowest BCUT2D eigenvalue weighted by atomic mass is 10.2. The van der Waals surface area contributed by atoms with Crippen molar-refractivity contribution in [2.24, 2.45) is 5.10 Å². The minimum atomic E-state index is -0.487. The highest BCUT2D eigenvalue weighted by Gasteiger charge is 2.14. The molecule has 0 saturated carbocycles. The second-order valence-corrected chi connectivity index (χ2v) is 4.81. The van der Waals surface area contributed by atoms with E-state index < -0.39 is 10.8 Å². The Balaban J connectivity index is 2.11. The smallest absolute Gasteiger partial charge is 0.292 e. The summed E-state index contributed by atoms with van der Waals surface area (Å²) >= 11 is 0. The van der Waals surface area contributed by atoms with Crippen LogP contribution < -0.4 is 10.7 Å². The summed E-state index contributed by atoms with van der Waals surface area (Å²) in [6, 6.07) is 6.22. The number of amides is 1. The van der Waals surface area contributed by atoms with Gasteiger partial charge in [0, 0.05) is 18.7 Å². The summed E-state index contributed by atoms with van der Waals surface area (Å²) < 4.78 is 5.27. The molecule has 1 aromatic carbocycles. The van der Waals surface area contributed by atoms with E-state index in [0.29, 0.717) is 28.3 Å². The molecule has 0 fully saturated rings. The standard InChI is InChI=1S/C15H16N4O4/c1-9-6-12(10(2)23-9)15(20)18-17-8-11-4-5-13(16-3)14(7-11)19(21)22/h4-8,16H,1-3H3,(H,18,20). The highest BCUT2D eigenvalue weighted by molar-refractivity contribution is 5.96. The summed E-state index contributed by atoms with van der Waals surface area (Å²) in [4.78, 5) is 22.4. The summed E-state index contributed by atoms with van der Waals surface area (Å²) in [6.45, 7) is 3.43. The van der Waals surface area contributed by atoms with Gasteiger partial charge >= 0.3 is 0 Å². The average Bonchev–Trinajstić information content (AvgIpc) is 2.85. The van der Waals surface area contributed by atoms with Gasteiger partial charge in [-0.3, -0.25) is 14.9 Å². The molecule has 1 aromatic heterocycles. The first-order valence-corrected chi connectivity index (χ1v) is 6.79. The van der Waals surface area contributed by atoms with E-state index in [1.165, 1.54) is 12.3 Å². The number of furan rings is 1. The monoisotopic (exact) mass is 316 g/mol. The van der Waals surface area contributed by atoms with Crippen molar-refractivity contribution < 1.29 is 14.1 Å². The second-order valence-electron chi connectivity index (χ2n) is 4.81. The molecule has 0 spiro atoms. The molecule has 0 aliphatic carbocycles. The molecular formula is C15H16N4O4. The largest absolute Gasteiger partial charge is 0.466 e. The lowest BCUT2D eigenvalue weighted by Crippen LogP contribution is -2.17. The van der Waals surface area contributed by atoms with Gasteiger partial charge in [-0.15, -0.1) is 0 Å². The number of aryl methyl sites for hydroxylation is 2. The average molecular weight is 316 g/mol. The van der Waals surface area contributed by atoms with E-state index in [1.807, 2.05) is 0 Å². The van der Waals surface area contributed by atoms with Gasteiger partial charge in [-0.2, -0.15) is 5.10 Å². The number of carbonyl (C=O) groups is 1. The van der Waals surface area contributed by atoms with Crippen molar-refractivity contribution in [3.63, 3.8) is 0 Å². The van der Waals surface area contributed by atoms with Gasteiger partial charge in [0.15, 0.2) is 0 Å². The first-order valence-electron chi connectivity index (χ1n) is 6.79. The van der Waals surface area contributed by atoms with Crippen LogP contribution in [0.25, 0.3) is 0 Å². The zero-order chi connectivity index (χ0) is 17.0. The van der Waals surface area contributed by atoms with Crippen molar-refractivity contribution in [2.75, 3.05) is 12.4 Å². The predicted molar refractivity (Wildman–Crippen MR) is 85.9 cm³/mol. The molecule has 23 heavy (non-hydrogen) atoms. The number of nitrogens with one attached hydrogen (secondary N) is 2. The van der Waals surface area contributed by atoms with Gasteiger partial charge in [0.25, 0.3) is 11.6 Å². The molecule has 2 aromatic rings. The van der Waals surface area contributed by atoms with Crippen LogP contribution in [0.4, 0.5) is 11.4 Å². The van der Waals surface area contributed by atoms with E-state index in [2.05, 4.69) is 15.8 Å². The van der Waals surface area contributed by atoms with Crippen LogP contribution in [0.5, 0.6) is 0 Å². The molecule has 2 rings (SSSR count). The predicted octanol–water partition coefficient (Wildman–Crippen LogP) is 2.61. The molecule has 0 saturated heterocycles. The second kappa shape index (κ2) is 6.73. The number of hydrazone groups is 1. The topological polar surface area (TPSA) is 110 Å². The van der Waals surface area contributed by atoms with E-state index in [-0.39, 0.29) is 5.69 Å². The van der Waals surface area contributed by atoms with Crippen LogP contribution in [0, 0.1) is 24.0 Å². The molecule has 0 radical (unpaired) electrons. The van der Waals surface area contributed by atoms with Crippen LogP contribution in [-0.2, 0) is 0 Å². The van der Waals surface area contributed by atoms with Crippen molar-refractivity contribution in [2.45, 2.75) is 13.8 Å². The van der Waals surface area contributed by atoms with E-state index in [1.54, 1.807) is 39.1 Å². The zero-order valence-electron chi connectivity index (χ0n) is 12.9. The molecule has 0 aliphatic heterocycles.